The molecule has 1 unspecified atom stereocenters. The van der Waals surface area contributed by atoms with E-state index in [2.05, 4.69) is 64.6 Å². The Morgan fingerprint density at radius 2 is 1.75 bits per heavy atom. The molecule has 1 aliphatic carbocycles. The van der Waals surface area contributed by atoms with Crippen molar-refractivity contribution in [3.05, 3.63) is 78.4 Å². The topological polar surface area (TPSA) is 41.6 Å². The minimum Gasteiger partial charge on any atom is -0.259 e. The highest BCUT2D eigenvalue weighted by Crippen LogP contribution is 2.29. The second kappa shape index (κ2) is 6.28. The predicted octanol–water partition coefficient (Wildman–Crippen LogP) is 5.12. The maximum Gasteiger partial charge on any atom is 0.181 e. The number of rotatable bonds is 3. The van der Waals surface area contributed by atoms with Gasteiger partial charge in [0.1, 0.15) is 0 Å². The van der Waals surface area contributed by atoms with Crippen molar-refractivity contribution in [2.45, 2.75) is 13.3 Å². The van der Waals surface area contributed by atoms with Crippen LogP contribution in [-0.4, -0.2) is 15.2 Å². The second-order valence-corrected chi connectivity index (χ2v) is 6.21. The van der Waals surface area contributed by atoms with E-state index in [0.717, 1.165) is 29.2 Å². The van der Waals surface area contributed by atoms with Gasteiger partial charge in [0.25, 0.3) is 0 Å². The minimum absolute atomic E-state index is 0.585. The maximum absolute atomic E-state index is 4.65. The number of hydrogen-bond acceptors (Lipinski definition) is 2. The number of nitrogens with one attached hydrogen (secondary N) is 1. The molecule has 0 spiro atoms. The standard InChI is InChI=1S/C21H19N3/c1-15-7-5-10-17(13-15)18-11-6-12-19(14-18)21-22-20(23-24-21)16-8-3-2-4-9-16/h2-12,14-15H,13H2,1H3,(H,22,23,24). The average Bonchev–Trinajstić information content (AvgIpc) is 3.13. The van der Waals surface area contributed by atoms with Gasteiger partial charge in [-0.1, -0.05) is 73.7 Å². The van der Waals surface area contributed by atoms with Crippen molar-refractivity contribution in [3.63, 3.8) is 0 Å². The molecule has 1 heterocycles. The molecule has 118 valence electrons. The van der Waals surface area contributed by atoms with E-state index >= 15 is 0 Å². The highest BCUT2D eigenvalue weighted by Gasteiger charge is 2.12. The molecule has 3 nitrogen and oxygen atoms in total. The molecule has 1 aliphatic rings. The van der Waals surface area contributed by atoms with Gasteiger partial charge in [-0.05, 0) is 29.5 Å². The van der Waals surface area contributed by atoms with Crippen LogP contribution in [0.2, 0.25) is 0 Å². The van der Waals surface area contributed by atoms with E-state index in [1.807, 2.05) is 30.3 Å². The molecular weight excluding hydrogens is 294 g/mol. The van der Waals surface area contributed by atoms with E-state index in [9.17, 15) is 0 Å². The Kier molecular flexibility index (Phi) is 3.83. The first-order valence-corrected chi connectivity index (χ1v) is 8.25. The third-order valence-corrected chi connectivity index (χ3v) is 4.30. The zero-order valence-electron chi connectivity index (χ0n) is 13.6. The molecule has 0 fully saturated rings. The van der Waals surface area contributed by atoms with Gasteiger partial charge in [-0.25, -0.2) is 4.98 Å². The van der Waals surface area contributed by atoms with Gasteiger partial charge in [0.05, 0.1) is 0 Å². The van der Waals surface area contributed by atoms with Crippen molar-refractivity contribution in [2.75, 3.05) is 0 Å². The molecule has 0 bridgehead atoms. The lowest BCUT2D eigenvalue weighted by molar-refractivity contribution is 0.749. The van der Waals surface area contributed by atoms with E-state index in [-0.39, 0.29) is 0 Å². The molecule has 1 N–H and O–H groups in total. The van der Waals surface area contributed by atoms with Gasteiger partial charge in [-0.3, -0.25) is 5.10 Å². The fourth-order valence-corrected chi connectivity index (χ4v) is 3.03. The Labute approximate surface area is 141 Å². The Hall–Kier alpha value is -2.94. The zero-order chi connectivity index (χ0) is 16.4. The molecule has 0 saturated carbocycles. The van der Waals surface area contributed by atoms with Gasteiger partial charge in [0, 0.05) is 11.1 Å². The Balaban J connectivity index is 1.66. The summed E-state index contributed by atoms with van der Waals surface area (Å²) in [5.74, 6) is 2.11. The summed E-state index contributed by atoms with van der Waals surface area (Å²) in [7, 11) is 0. The van der Waals surface area contributed by atoms with Gasteiger partial charge in [0.15, 0.2) is 11.6 Å². The van der Waals surface area contributed by atoms with Crippen LogP contribution in [0.5, 0.6) is 0 Å². The number of aromatic amines is 1. The first-order chi connectivity index (χ1) is 11.8. The normalized spacial score (nSPS) is 16.9. The van der Waals surface area contributed by atoms with Crippen molar-refractivity contribution >= 4 is 5.57 Å². The Morgan fingerprint density at radius 1 is 0.958 bits per heavy atom. The molecule has 0 aliphatic heterocycles. The maximum atomic E-state index is 4.65. The fraction of sp³-hybridized carbons (Fsp3) is 0.143. The number of aromatic nitrogens is 3. The van der Waals surface area contributed by atoms with Gasteiger partial charge in [0.2, 0.25) is 0 Å². The average molecular weight is 313 g/mol. The van der Waals surface area contributed by atoms with Gasteiger partial charge in [-0.15, -0.1) is 0 Å². The largest absolute Gasteiger partial charge is 0.259 e. The summed E-state index contributed by atoms with van der Waals surface area (Å²) in [4.78, 5) is 4.65. The Bertz CT molecular complexity index is 904. The van der Waals surface area contributed by atoms with E-state index in [0.29, 0.717) is 5.92 Å². The van der Waals surface area contributed by atoms with Crippen molar-refractivity contribution in [1.82, 2.24) is 15.2 Å². The minimum atomic E-state index is 0.585. The van der Waals surface area contributed by atoms with Crippen LogP contribution in [0.4, 0.5) is 0 Å². The number of nitrogens with zero attached hydrogens (tertiary/aromatic N) is 2. The van der Waals surface area contributed by atoms with Crippen molar-refractivity contribution < 1.29 is 0 Å². The monoisotopic (exact) mass is 313 g/mol. The van der Waals surface area contributed by atoms with Crippen molar-refractivity contribution in [3.8, 4) is 22.8 Å². The van der Waals surface area contributed by atoms with E-state index in [1.165, 1.54) is 11.1 Å². The lowest BCUT2D eigenvalue weighted by atomic mass is 9.90. The van der Waals surface area contributed by atoms with Crippen LogP contribution < -0.4 is 0 Å². The van der Waals surface area contributed by atoms with Crippen molar-refractivity contribution in [1.29, 1.82) is 0 Å². The van der Waals surface area contributed by atoms with Gasteiger partial charge >= 0.3 is 0 Å². The molecule has 0 saturated heterocycles. The molecule has 2 aromatic carbocycles. The molecule has 0 amide bonds. The quantitative estimate of drug-likeness (QED) is 0.729. The summed E-state index contributed by atoms with van der Waals surface area (Å²) in [5.41, 5.74) is 4.69. The molecular formula is C21H19N3. The van der Waals surface area contributed by atoms with Crippen LogP contribution >= 0.6 is 0 Å². The van der Waals surface area contributed by atoms with E-state index in [4.69, 9.17) is 0 Å². The third kappa shape index (κ3) is 2.93. The molecule has 24 heavy (non-hydrogen) atoms. The lowest BCUT2D eigenvalue weighted by Crippen LogP contribution is -1.97. The third-order valence-electron chi connectivity index (χ3n) is 4.30. The molecule has 4 rings (SSSR count). The first kappa shape index (κ1) is 14.6. The van der Waals surface area contributed by atoms with Crippen LogP contribution in [-0.2, 0) is 0 Å². The molecule has 3 aromatic rings. The van der Waals surface area contributed by atoms with Crippen molar-refractivity contribution in [2.24, 2.45) is 5.92 Å². The summed E-state index contributed by atoms with van der Waals surface area (Å²) in [6.07, 6.45) is 7.67. The summed E-state index contributed by atoms with van der Waals surface area (Å²) >= 11 is 0. The van der Waals surface area contributed by atoms with E-state index < -0.39 is 0 Å². The van der Waals surface area contributed by atoms with Crippen LogP contribution in [0, 0.1) is 5.92 Å². The van der Waals surface area contributed by atoms with Crippen LogP contribution in [0.1, 0.15) is 18.9 Å². The summed E-state index contributed by atoms with van der Waals surface area (Å²) in [6, 6.07) is 18.5. The lowest BCUT2D eigenvalue weighted by Gasteiger charge is -2.15. The molecule has 3 heteroatoms. The molecule has 1 atom stereocenters. The highest BCUT2D eigenvalue weighted by atomic mass is 15.2. The number of hydrogen-bond donors (Lipinski definition) is 1. The second-order valence-electron chi connectivity index (χ2n) is 6.21. The number of allylic oxidation sites excluding steroid dienone is 4. The van der Waals surface area contributed by atoms with Gasteiger partial charge in [-0.2, -0.15) is 5.10 Å². The van der Waals surface area contributed by atoms with E-state index in [1.54, 1.807) is 0 Å². The van der Waals surface area contributed by atoms with Crippen LogP contribution in [0.15, 0.2) is 72.8 Å². The fourth-order valence-electron chi connectivity index (χ4n) is 3.03. The highest BCUT2D eigenvalue weighted by molar-refractivity contribution is 5.72. The van der Waals surface area contributed by atoms with Crippen LogP contribution in [0.3, 0.4) is 0 Å². The summed E-state index contributed by atoms with van der Waals surface area (Å²) in [5, 5.41) is 7.43. The van der Waals surface area contributed by atoms with Crippen LogP contribution in [0.25, 0.3) is 28.3 Å². The molecule has 0 radical (unpaired) electrons. The SMILES string of the molecule is CC1C=CC=C(c2cccc(-c3n[nH]c(-c4ccccc4)n3)c2)C1. The smallest absolute Gasteiger partial charge is 0.181 e. The summed E-state index contributed by atoms with van der Waals surface area (Å²) < 4.78 is 0. The Morgan fingerprint density at radius 3 is 2.58 bits per heavy atom. The zero-order valence-corrected chi connectivity index (χ0v) is 13.6. The number of H-pyrrole nitrogens is 1. The van der Waals surface area contributed by atoms with Gasteiger partial charge < -0.3 is 0 Å². The number of benzene rings is 2. The summed E-state index contributed by atoms with van der Waals surface area (Å²) in [6.45, 7) is 2.24. The predicted molar refractivity (Wildman–Crippen MR) is 98.2 cm³/mol. The molecule has 1 aromatic heterocycles. The first-order valence-electron chi connectivity index (χ1n) is 8.25.